The number of hydrogen-bond acceptors (Lipinski definition) is 13. The van der Waals surface area contributed by atoms with E-state index in [-0.39, 0.29) is 72.4 Å². The first kappa shape index (κ1) is 47.8. The summed E-state index contributed by atoms with van der Waals surface area (Å²) in [5, 5.41) is 29.1. The topological polar surface area (TPSA) is 309 Å². The second kappa shape index (κ2) is 20.6. The number of aryl methyl sites for hydroxylation is 4. The minimum Gasteiger partial charge on any atom is -0.494 e. The van der Waals surface area contributed by atoms with E-state index < -0.39 is 48.2 Å². The number of fused-ring (bicyclic) bond motifs is 2. The van der Waals surface area contributed by atoms with Crippen LogP contribution in [0, 0.1) is 13.8 Å². The maximum absolute atomic E-state index is 13.8. The maximum atomic E-state index is 13.8. The van der Waals surface area contributed by atoms with Gasteiger partial charge in [-0.05, 0) is 64.1 Å². The van der Waals surface area contributed by atoms with Crippen molar-refractivity contribution in [2.75, 3.05) is 34.0 Å². The summed E-state index contributed by atoms with van der Waals surface area (Å²) in [5.41, 5.74) is 15.5. The summed E-state index contributed by atoms with van der Waals surface area (Å²) in [5.74, 6) is -2.02. The van der Waals surface area contributed by atoms with Gasteiger partial charge in [0.15, 0.2) is 6.29 Å². The lowest BCUT2D eigenvalue weighted by atomic mass is 10.1. The van der Waals surface area contributed by atoms with Crippen molar-refractivity contribution >= 4 is 45.7 Å². The van der Waals surface area contributed by atoms with Crippen LogP contribution in [0.1, 0.15) is 73.3 Å². The predicted octanol–water partition coefficient (Wildman–Crippen LogP) is 1.13. The number of hydrogen-bond donors (Lipinski definition) is 6. The number of methoxy groups -OCH3 is 2. The highest BCUT2D eigenvalue weighted by molar-refractivity contribution is 5.99. The summed E-state index contributed by atoms with van der Waals surface area (Å²) in [7, 11) is 2.83. The molecule has 2 aromatic carbocycles. The van der Waals surface area contributed by atoms with Crippen LogP contribution in [0.15, 0.2) is 58.5 Å². The van der Waals surface area contributed by atoms with E-state index in [1.54, 1.807) is 62.7 Å². The van der Waals surface area contributed by atoms with Gasteiger partial charge in [0.25, 0.3) is 11.8 Å². The van der Waals surface area contributed by atoms with E-state index in [9.17, 15) is 29.4 Å². The second-order valence-corrected chi connectivity index (χ2v) is 15.6. The number of aliphatic hydroxyl groups is 2. The number of benzene rings is 2. The number of H-pyrrole nitrogens is 2. The van der Waals surface area contributed by atoms with Gasteiger partial charge < -0.3 is 64.5 Å². The Morgan fingerprint density at radius 1 is 0.791 bits per heavy atom. The molecule has 8 N–H and O–H groups in total. The molecular formula is C44H54N12O11. The van der Waals surface area contributed by atoms with Gasteiger partial charge in [-0.2, -0.15) is 20.2 Å². The fraction of sp³-hybridized carbons (Fsp3) is 0.409. The van der Waals surface area contributed by atoms with Crippen LogP contribution in [-0.2, 0) is 40.4 Å². The lowest BCUT2D eigenvalue weighted by Gasteiger charge is -2.19. The van der Waals surface area contributed by atoms with Crippen LogP contribution < -0.4 is 32.2 Å². The highest BCUT2D eigenvalue weighted by atomic mass is 16.7. The number of aromatic amines is 2. The van der Waals surface area contributed by atoms with E-state index in [0.29, 0.717) is 58.7 Å². The van der Waals surface area contributed by atoms with Gasteiger partial charge in [-0.15, -0.1) is 0 Å². The molecular weight excluding hydrogens is 873 g/mol. The van der Waals surface area contributed by atoms with E-state index in [1.807, 2.05) is 13.8 Å². The number of nitrogens with two attached hydrogens (primary N) is 2. The Hall–Kier alpha value is -7.18. The zero-order chi connectivity index (χ0) is 48.1. The molecule has 67 heavy (non-hydrogen) atoms. The first-order valence-electron chi connectivity index (χ1n) is 21.5. The second-order valence-electron chi connectivity index (χ2n) is 15.6. The molecule has 4 amide bonds. The third-order valence-corrected chi connectivity index (χ3v) is 11.0. The van der Waals surface area contributed by atoms with Crippen molar-refractivity contribution in [1.82, 2.24) is 38.7 Å². The van der Waals surface area contributed by atoms with Crippen LogP contribution in [0.4, 0.5) is 0 Å². The number of aliphatic hydroxyl groups excluding tert-OH is 2. The van der Waals surface area contributed by atoms with Crippen molar-refractivity contribution in [3.05, 3.63) is 93.7 Å². The van der Waals surface area contributed by atoms with Crippen LogP contribution >= 0.6 is 0 Å². The molecule has 0 spiro atoms. The minimum atomic E-state index is -1.12. The van der Waals surface area contributed by atoms with Crippen molar-refractivity contribution in [1.29, 1.82) is 0 Å². The third kappa shape index (κ3) is 10.00. The molecule has 1 aliphatic rings. The Labute approximate surface area is 382 Å². The molecule has 1 saturated heterocycles. The number of carbonyl (C=O) groups excluding carboxylic acids is 4. The monoisotopic (exact) mass is 926 g/mol. The number of ether oxygens (including phenoxy) is 5. The lowest BCUT2D eigenvalue weighted by molar-refractivity contribution is -0.153. The molecule has 5 heterocycles. The number of aromatic nitrogens is 8. The number of imidazole rings is 2. The van der Waals surface area contributed by atoms with Crippen molar-refractivity contribution in [2.45, 2.75) is 84.9 Å². The smallest absolute Gasteiger partial charge is 0.298 e. The van der Waals surface area contributed by atoms with Gasteiger partial charge in [0.1, 0.15) is 52.2 Å². The first-order chi connectivity index (χ1) is 32.2. The molecule has 23 heteroatoms. The summed E-state index contributed by atoms with van der Waals surface area (Å²) >= 11 is 0. The Balaban J connectivity index is 1.27. The van der Waals surface area contributed by atoms with E-state index in [0.717, 1.165) is 0 Å². The predicted molar refractivity (Wildman–Crippen MR) is 239 cm³/mol. The molecule has 356 valence electrons. The Kier molecular flexibility index (Phi) is 14.7. The van der Waals surface area contributed by atoms with Gasteiger partial charge in [-0.1, -0.05) is 12.2 Å². The lowest BCUT2D eigenvalue weighted by Crippen LogP contribution is -2.37. The molecule has 0 saturated carbocycles. The van der Waals surface area contributed by atoms with E-state index in [4.69, 9.17) is 35.2 Å². The Bertz CT molecular complexity index is 3000. The van der Waals surface area contributed by atoms with Gasteiger partial charge >= 0.3 is 0 Å². The average molecular weight is 927 g/mol. The van der Waals surface area contributed by atoms with Gasteiger partial charge in [0, 0.05) is 50.8 Å². The number of amides is 4. The zero-order valence-corrected chi connectivity index (χ0v) is 37.9. The molecule has 0 bridgehead atoms. The fourth-order valence-corrected chi connectivity index (χ4v) is 7.93. The van der Waals surface area contributed by atoms with Crippen LogP contribution in [0.2, 0.25) is 0 Å². The van der Waals surface area contributed by atoms with Crippen LogP contribution in [0.25, 0.3) is 22.1 Å². The number of allylic oxidation sites excluding steroid dienone is 2. The van der Waals surface area contributed by atoms with Gasteiger partial charge in [-0.25, -0.2) is 0 Å². The number of primary amides is 2. The molecule has 0 radical (unpaired) electrons. The summed E-state index contributed by atoms with van der Waals surface area (Å²) in [6.45, 7) is 8.13. The summed E-state index contributed by atoms with van der Waals surface area (Å²) in [4.78, 5) is 67.6. The summed E-state index contributed by atoms with van der Waals surface area (Å²) < 4.78 is 35.0. The molecule has 4 atom stereocenters. The summed E-state index contributed by atoms with van der Waals surface area (Å²) in [6.07, 6.45) is 0.201. The van der Waals surface area contributed by atoms with Crippen LogP contribution in [0.3, 0.4) is 0 Å². The van der Waals surface area contributed by atoms with Crippen molar-refractivity contribution in [2.24, 2.45) is 21.5 Å². The highest BCUT2D eigenvalue weighted by Gasteiger charge is 2.44. The number of rotatable bonds is 19. The minimum absolute atomic E-state index is 0.0694. The van der Waals surface area contributed by atoms with E-state index in [1.165, 1.54) is 32.4 Å². The standard InChI is InChI=1S/C44H54N12O11/c1-7-55-29(16-23(3)51-55)40(61)49-43-47-27-18-25(38(45)59)20-31(63-5)34(27)53(43)12-9-10-13-54-35-28(48-44(54)50-41(62)30-17-24(4)52-56(30)8-2)19-26(39(46)60)21-32(35)65-14-11-15-66-37-33(22-57)67-42(64-6)36(37)58/h9-10,16-21,33,36-37,42,57-58H,7-8,11-15,22H2,1-6H3,(H2,45,59)(H2,46,60)(H,47,49,61)(H,48,50,62)/b10-9+/t33-,36-,37-,42-/m1/s1. The molecule has 23 nitrogen and oxygen atoms in total. The highest BCUT2D eigenvalue weighted by Crippen LogP contribution is 2.29. The maximum Gasteiger partial charge on any atom is 0.298 e. The number of nitrogens with zero attached hydrogens (tertiary/aromatic N) is 8. The molecule has 6 aromatic rings. The third-order valence-electron chi connectivity index (χ3n) is 11.0. The normalized spacial score (nSPS) is 18.0. The molecule has 0 aliphatic carbocycles. The molecule has 7 rings (SSSR count). The molecule has 0 unspecified atom stereocenters. The SMILES string of the molecule is CCn1nc(C)cc1C(=O)/N=c1/[nH]c2cc(C(N)=O)cc(OC)c2n1C/C=C/Cn1/c(=N/C(=O)c2cc(C)nn2CC)[nH]c2cc(C(N)=O)cc(OCCCO[C@H]3[C@@H](O)[C@H](OC)O[C@@H]3CO)c21. The van der Waals surface area contributed by atoms with Crippen LogP contribution in [-0.4, -0.2) is 131 Å². The van der Waals surface area contributed by atoms with Crippen molar-refractivity contribution in [3.63, 3.8) is 0 Å². The van der Waals surface area contributed by atoms with Crippen molar-refractivity contribution in [3.8, 4) is 11.5 Å². The zero-order valence-electron chi connectivity index (χ0n) is 37.9. The largest absolute Gasteiger partial charge is 0.494 e. The molecule has 4 aromatic heterocycles. The molecule has 1 fully saturated rings. The van der Waals surface area contributed by atoms with Gasteiger partial charge in [-0.3, -0.25) is 28.5 Å². The Morgan fingerprint density at radius 2 is 1.30 bits per heavy atom. The van der Waals surface area contributed by atoms with E-state index in [2.05, 4.69) is 30.2 Å². The van der Waals surface area contributed by atoms with Crippen molar-refractivity contribution < 1.29 is 53.1 Å². The first-order valence-corrected chi connectivity index (χ1v) is 21.5. The summed E-state index contributed by atoms with van der Waals surface area (Å²) in [6, 6.07) is 9.37. The number of nitrogens with one attached hydrogen (secondary N) is 2. The average Bonchev–Trinajstić information content (AvgIpc) is 4.12. The van der Waals surface area contributed by atoms with Gasteiger partial charge in [0.2, 0.25) is 23.1 Å². The van der Waals surface area contributed by atoms with E-state index >= 15 is 0 Å². The van der Waals surface area contributed by atoms with Gasteiger partial charge in [0.05, 0.1) is 49.4 Å². The molecule has 1 aliphatic heterocycles. The Morgan fingerprint density at radius 3 is 1.76 bits per heavy atom. The van der Waals surface area contributed by atoms with Crippen LogP contribution in [0.5, 0.6) is 11.5 Å². The quantitative estimate of drug-likeness (QED) is 0.0491. The fourth-order valence-electron chi connectivity index (χ4n) is 7.93. The number of carbonyl (C=O) groups is 4.